The molecule has 1 heterocycles. The van der Waals surface area contributed by atoms with E-state index < -0.39 is 0 Å². The second kappa shape index (κ2) is 8.74. The third-order valence-corrected chi connectivity index (χ3v) is 3.51. The van der Waals surface area contributed by atoms with Crippen LogP contribution < -0.4 is 5.32 Å². The molecule has 0 spiro atoms. The molecule has 0 atom stereocenters. The fourth-order valence-corrected chi connectivity index (χ4v) is 2.44. The Labute approximate surface area is 118 Å². The average molecular weight is 283 g/mol. The van der Waals surface area contributed by atoms with Gasteiger partial charge in [-0.05, 0) is 12.8 Å². The molecule has 0 fully saturated rings. The highest BCUT2D eigenvalue weighted by molar-refractivity contribution is 7.99. The number of ether oxygens (including phenoxy) is 1. The van der Waals surface area contributed by atoms with Crippen molar-refractivity contribution in [3.05, 3.63) is 11.9 Å². The SMILES string of the molecule is CCCNc1ncnc(SCC(=O)OC)c1CCC. The molecule has 0 aliphatic carbocycles. The number of esters is 1. The van der Waals surface area contributed by atoms with Gasteiger partial charge < -0.3 is 10.1 Å². The summed E-state index contributed by atoms with van der Waals surface area (Å²) < 4.78 is 4.65. The van der Waals surface area contributed by atoms with E-state index in [9.17, 15) is 4.79 Å². The van der Waals surface area contributed by atoms with Crippen LogP contribution in [0.2, 0.25) is 0 Å². The van der Waals surface area contributed by atoms with E-state index in [4.69, 9.17) is 0 Å². The van der Waals surface area contributed by atoms with Gasteiger partial charge in [0.25, 0.3) is 0 Å². The first-order valence-corrected chi connectivity index (χ1v) is 7.48. The number of hydrogen-bond donors (Lipinski definition) is 1. The fourth-order valence-electron chi connectivity index (χ4n) is 1.58. The first-order valence-electron chi connectivity index (χ1n) is 6.50. The number of aromatic nitrogens is 2. The Bertz CT molecular complexity index is 413. The molecule has 106 valence electrons. The topological polar surface area (TPSA) is 64.1 Å². The molecule has 0 unspecified atom stereocenters. The summed E-state index contributed by atoms with van der Waals surface area (Å²) in [7, 11) is 1.39. The monoisotopic (exact) mass is 283 g/mol. The summed E-state index contributed by atoms with van der Waals surface area (Å²) in [5.74, 6) is 0.914. The Hall–Kier alpha value is -1.30. The third-order valence-electron chi connectivity index (χ3n) is 2.50. The zero-order chi connectivity index (χ0) is 14.1. The number of carbonyl (C=O) groups is 1. The zero-order valence-electron chi connectivity index (χ0n) is 11.7. The summed E-state index contributed by atoms with van der Waals surface area (Å²) in [6.45, 7) is 5.11. The fraction of sp³-hybridized carbons (Fsp3) is 0.615. The van der Waals surface area contributed by atoms with Crippen molar-refractivity contribution in [1.82, 2.24) is 9.97 Å². The van der Waals surface area contributed by atoms with Crippen LogP contribution in [0.3, 0.4) is 0 Å². The lowest BCUT2D eigenvalue weighted by Gasteiger charge is -2.12. The molecule has 19 heavy (non-hydrogen) atoms. The number of thioether (sulfide) groups is 1. The highest BCUT2D eigenvalue weighted by Crippen LogP contribution is 2.26. The number of rotatable bonds is 8. The molecular formula is C13H21N3O2S. The molecule has 0 aliphatic rings. The maximum absolute atomic E-state index is 11.2. The van der Waals surface area contributed by atoms with Crippen molar-refractivity contribution in [3.8, 4) is 0 Å². The van der Waals surface area contributed by atoms with E-state index >= 15 is 0 Å². The van der Waals surface area contributed by atoms with E-state index in [-0.39, 0.29) is 11.7 Å². The van der Waals surface area contributed by atoms with Crippen LogP contribution >= 0.6 is 11.8 Å². The first-order chi connectivity index (χ1) is 9.22. The molecule has 0 bridgehead atoms. The molecule has 6 heteroatoms. The maximum Gasteiger partial charge on any atom is 0.316 e. The van der Waals surface area contributed by atoms with Crippen molar-refractivity contribution in [2.24, 2.45) is 0 Å². The Morgan fingerprint density at radius 1 is 1.37 bits per heavy atom. The van der Waals surface area contributed by atoms with E-state index in [1.54, 1.807) is 0 Å². The van der Waals surface area contributed by atoms with Crippen molar-refractivity contribution in [2.45, 2.75) is 38.1 Å². The minimum absolute atomic E-state index is 0.242. The van der Waals surface area contributed by atoms with Gasteiger partial charge in [0.05, 0.1) is 12.9 Å². The molecule has 0 aliphatic heterocycles. The lowest BCUT2D eigenvalue weighted by molar-refractivity contribution is -0.137. The van der Waals surface area contributed by atoms with Crippen molar-refractivity contribution < 1.29 is 9.53 Å². The van der Waals surface area contributed by atoms with Gasteiger partial charge in [0.15, 0.2) is 0 Å². The number of methoxy groups -OCH3 is 1. The molecule has 5 nitrogen and oxygen atoms in total. The van der Waals surface area contributed by atoms with Crippen LogP contribution in [-0.2, 0) is 16.0 Å². The molecule has 1 N–H and O–H groups in total. The zero-order valence-corrected chi connectivity index (χ0v) is 12.5. The second-order valence-corrected chi connectivity index (χ2v) is 5.01. The largest absolute Gasteiger partial charge is 0.468 e. The predicted molar refractivity (Wildman–Crippen MR) is 77.5 cm³/mol. The van der Waals surface area contributed by atoms with Crippen LogP contribution in [0.4, 0.5) is 5.82 Å². The van der Waals surface area contributed by atoms with Gasteiger partial charge in [0.2, 0.25) is 0 Å². The van der Waals surface area contributed by atoms with Gasteiger partial charge in [-0.1, -0.05) is 32.0 Å². The number of nitrogens with zero attached hydrogens (tertiary/aromatic N) is 2. The Morgan fingerprint density at radius 2 is 2.16 bits per heavy atom. The Morgan fingerprint density at radius 3 is 2.79 bits per heavy atom. The van der Waals surface area contributed by atoms with Gasteiger partial charge in [0.1, 0.15) is 17.2 Å². The van der Waals surface area contributed by atoms with Gasteiger partial charge in [-0.15, -0.1) is 0 Å². The Balaban J connectivity index is 2.85. The summed E-state index contributed by atoms with van der Waals surface area (Å²) in [5, 5.41) is 4.17. The number of carbonyl (C=O) groups excluding carboxylic acids is 1. The summed E-state index contributed by atoms with van der Waals surface area (Å²) in [6.07, 6.45) is 4.49. The molecule has 0 saturated heterocycles. The highest BCUT2D eigenvalue weighted by Gasteiger charge is 2.12. The predicted octanol–water partition coefficient (Wildman–Crippen LogP) is 2.52. The normalized spacial score (nSPS) is 10.3. The van der Waals surface area contributed by atoms with Gasteiger partial charge >= 0.3 is 5.97 Å². The molecule has 0 aromatic carbocycles. The summed E-state index contributed by atoms with van der Waals surface area (Å²) in [6, 6.07) is 0. The van der Waals surface area contributed by atoms with Crippen LogP contribution in [0, 0.1) is 0 Å². The molecule has 0 amide bonds. The van der Waals surface area contributed by atoms with E-state index in [1.165, 1.54) is 25.2 Å². The minimum atomic E-state index is -0.242. The van der Waals surface area contributed by atoms with Crippen molar-refractivity contribution >= 4 is 23.5 Å². The van der Waals surface area contributed by atoms with Gasteiger partial charge in [-0.25, -0.2) is 9.97 Å². The number of hydrogen-bond acceptors (Lipinski definition) is 6. The van der Waals surface area contributed by atoms with Crippen LogP contribution in [0.1, 0.15) is 32.3 Å². The van der Waals surface area contributed by atoms with Gasteiger partial charge in [-0.3, -0.25) is 4.79 Å². The van der Waals surface area contributed by atoms with Gasteiger partial charge in [0, 0.05) is 12.1 Å². The molecular weight excluding hydrogens is 262 g/mol. The lowest BCUT2D eigenvalue weighted by atomic mass is 10.2. The van der Waals surface area contributed by atoms with Crippen molar-refractivity contribution in [3.63, 3.8) is 0 Å². The summed E-state index contributed by atoms with van der Waals surface area (Å²) >= 11 is 1.40. The number of anilines is 1. The third kappa shape index (κ3) is 5.06. The van der Waals surface area contributed by atoms with Crippen molar-refractivity contribution in [1.29, 1.82) is 0 Å². The van der Waals surface area contributed by atoms with Gasteiger partial charge in [-0.2, -0.15) is 0 Å². The van der Waals surface area contributed by atoms with E-state index in [0.717, 1.165) is 42.2 Å². The minimum Gasteiger partial charge on any atom is -0.468 e. The average Bonchev–Trinajstić information content (AvgIpc) is 2.44. The molecule has 1 rings (SSSR count). The van der Waals surface area contributed by atoms with Crippen LogP contribution in [0.25, 0.3) is 0 Å². The van der Waals surface area contributed by atoms with Crippen molar-refractivity contribution in [2.75, 3.05) is 24.7 Å². The molecule has 0 saturated carbocycles. The van der Waals surface area contributed by atoms with Crippen LogP contribution in [0.15, 0.2) is 11.4 Å². The van der Waals surface area contributed by atoms with E-state index in [0.29, 0.717) is 0 Å². The quantitative estimate of drug-likeness (QED) is 0.449. The molecule has 0 radical (unpaired) electrons. The highest BCUT2D eigenvalue weighted by atomic mass is 32.2. The molecule has 1 aromatic heterocycles. The first kappa shape index (κ1) is 15.8. The van der Waals surface area contributed by atoms with Crippen LogP contribution in [0.5, 0.6) is 0 Å². The standard InChI is InChI=1S/C13H21N3O2S/c1-4-6-10-12(14-7-5-2)15-9-16-13(10)19-8-11(17)18-3/h9H,4-8H2,1-3H3,(H,14,15,16). The maximum atomic E-state index is 11.2. The van der Waals surface area contributed by atoms with E-state index in [1.807, 2.05) is 0 Å². The second-order valence-electron chi connectivity index (χ2n) is 4.05. The number of nitrogens with one attached hydrogen (secondary N) is 1. The van der Waals surface area contributed by atoms with E-state index in [2.05, 4.69) is 33.9 Å². The summed E-state index contributed by atoms with van der Waals surface area (Å²) in [4.78, 5) is 19.8. The Kier molecular flexibility index (Phi) is 7.25. The summed E-state index contributed by atoms with van der Waals surface area (Å²) in [5.41, 5.74) is 1.09. The molecule has 1 aromatic rings. The van der Waals surface area contributed by atoms with Crippen LogP contribution in [-0.4, -0.2) is 35.3 Å². The smallest absolute Gasteiger partial charge is 0.316 e. The lowest BCUT2D eigenvalue weighted by Crippen LogP contribution is -2.09.